The molecule has 0 aromatic carbocycles. The topological polar surface area (TPSA) is 70.0 Å². The van der Waals surface area contributed by atoms with E-state index < -0.39 is 5.97 Å². The highest BCUT2D eigenvalue weighted by molar-refractivity contribution is 6.19. The average molecular weight is 204 g/mol. The molecule has 0 bridgehead atoms. The van der Waals surface area contributed by atoms with Crippen LogP contribution in [0.3, 0.4) is 0 Å². The maximum absolute atomic E-state index is 10.9. The number of aldehydes is 1. The molecule has 0 fully saturated rings. The van der Waals surface area contributed by atoms with Gasteiger partial charge in [0.2, 0.25) is 0 Å². The molecule has 76 valence electrons. The number of rotatable bonds is 2. The third-order valence-corrected chi connectivity index (χ3v) is 2.13. The fraction of sp³-hybridized carbons (Fsp3) is 0.100. The van der Waals surface area contributed by atoms with Gasteiger partial charge in [0.25, 0.3) is 0 Å². The van der Waals surface area contributed by atoms with Crippen molar-refractivity contribution in [3.63, 3.8) is 0 Å². The first-order valence-corrected chi connectivity index (χ1v) is 4.33. The monoisotopic (exact) mass is 204 g/mol. The quantitative estimate of drug-likeness (QED) is 0.657. The smallest absolute Gasteiger partial charge is 0.339 e. The number of fused-ring (bicyclic) bond motifs is 1. The van der Waals surface area contributed by atoms with E-state index in [1.54, 1.807) is 17.2 Å². The zero-order valence-corrected chi connectivity index (χ0v) is 7.75. The van der Waals surface area contributed by atoms with Crippen molar-refractivity contribution >= 4 is 18.1 Å². The number of allylic oxidation sites excluding steroid dienone is 2. The second-order valence-electron chi connectivity index (χ2n) is 3.13. The molecule has 0 atom stereocenters. The Hall–Kier alpha value is -2.17. The van der Waals surface area contributed by atoms with Crippen LogP contribution < -0.4 is 0 Å². The third kappa shape index (κ3) is 1.59. The van der Waals surface area contributed by atoms with Crippen LogP contribution in [0.25, 0.3) is 0 Å². The number of hydrogen-bond acceptors (Lipinski definition) is 4. The van der Waals surface area contributed by atoms with Crippen molar-refractivity contribution in [3.05, 3.63) is 35.7 Å². The van der Waals surface area contributed by atoms with Crippen molar-refractivity contribution in [2.24, 2.45) is 4.99 Å². The Morgan fingerprint density at radius 3 is 3.07 bits per heavy atom. The Bertz CT molecular complexity index is 444. The van der Waals surface area contributed by atoms with Crippen molar-refractivity contribution in [2.75, 3.05) is 6.54 Å². The normalized spacial score (nSPS) is 18.7. The zero-order valence-electron chi connectivity index (χ0n) is 7.75. The molecule has 2 heterocycles. The first kappa shape index (κ1) is 9.39. The van der Waals surface area contributed by atoms with Crippen LogP contribution >= 0.6 is 0 Å². The molecule has 2 rings (SSSR count). The minimum atomic E-state index is -1.02. The second kappa shape index (κ2) is 3.53. The third-order valence-electron chi connectivity index (χ3n) is 2.13. The SMILES string of the molecule is O=CC1=CN=C2C(C(=O)O)=CC=CN2C1. The summed E-state index contributed by atoms with van der Waals surface area (Å²) in [6.45, 7) is 0.365. The lowest BCUT2D eigenvalue weighted by Gasteiger charge is -2.27. The summed E-state index contributed by atoms with van der Waals surface area (Å²) in [5.41, 5.74) is 0.661. The number of nitrogens with zero attached hydrogens (tertiary/aromatic N) is 2. The number of carboxylic acid groups (broad SMARTS) is 1. The van der Waals surface area contributed by atoms with Crippen LogP contribution in [0.2, 0.25) is 0 Å². The van der Waals surface area contributed by atoms with Crippen LogP contribution in [0, 0.1) is 0 Å². The van der Waals surface area contributed by atoms with Crippen molar-refractivity contribution in [1.82, 2.24) is 4.90 Å². The minimum Gasteiger partial charge on any atom is -0.478 e. The summed E-state index contributed by atoms with van der Waals surface area (Å²) in [5.74, 6) is -0.651. The molecule has 15 heavy (non-hydrogen) atoms. The average Bonchev–Trinajstić information content (AvgIpc) is 2.27. The van der Waals surface area contributed by atoms with Gasteiger partial charge in [-0.15, -0.1) is 0 Å². The molecule has 0 spiro atoms. The molecule has 0 aromatic heterocycles. The Kier molecular flexibility index (Phi) is 2.21. The lowest BCUT2D eigenvalue weighted by atomic mass is 10.1. The maximum atomic E-state index is 10.9. The number of carbonyl (C=O) groups is 2. The van der Waals surface area contributed by atoms with Gasteiger partial charge in [-0.25, -0.2) is 9.79 Å². The van der Waals surface area contributed by atoms with E-state index in [9.17, 15) is 9.59 Å². The lowest BCUT2D eigenvalue weighted by Crippen LogP contribution is -2.35. The molecule has 0 unspecified atom stereocenters. The fourth-order valence-corrected chi connectivity index (χ4v) is 1.43. The predicted octanol–water partition coefficient (Wildman–Crippen LogP) is 0.322. The van der Waals surface area contributed by atoms with Crippen LogP contribution in [0.5, 0.6) is 0 Å². The van der Waals surface area contributed by atoms with E-state index in [0.29, 0.717) is 24.2 Å². The lowest BCUT2D eigenvalue weighted by molar-refractivity contribution is -0.132. The molecule has 2 aliphatic rings. The molecule has 1 N–H and O–H groups in total. The van der Waals surface area contributed by atoms with Crippen molar-refractivity contribution < 1.29 is 14.7 Å². The summed E-state index contributed by atoms with van der Waals surface area (Å²) in [6, 6.07) is 0. The van der Waals surface area contributed by atoms with Gasteiger partial charge in [0.05, 0.1) is 6.54 Å². The highest BCUT2D eigenvalue weighted by Gasteiger charge is 2.24. The first-order valence-electron chi connectivity index (χ1n) is 4.33. The molecule has 5 heteroatoms. The van der Waals surface area contributed by atoms with Gasteiger partial charge >= 0.3 is 5.97 Å². The molecule has 0 saturated heterocycles. The Labute approximate surface area is 85.7 Å². The van der Waals surface area contributed by atoms with E-state index in [2.05, 4.69) is 4.99 Å². The summed E-state index contributed by atoms with van der Waals surface area (Å²) >= 11 is 0. The van der Waals surface area contributed by atoms with Crippen LogP contribution in [0.1, 0.15) is 0 Å². The van der Waals surface area contributed by atoms with Gasteiger partial charge < -0.3 is 10.0 Å². The molecule has 0 aliphatic carbocycles. The Morgan fingerprint density at radius 2 is 2.40 bits per heavy atom. The molecule has 0 saturated carbocycles. The molecular formula is C10H8N2O3. The van der Waals surface area contributed by atoms with Gasteiger partial charge in [-0.3, -0.25) is 4.79 Å². The van der Waals surface area contributed by atoms with E-state index in [-0.39, 0.29) is 5.57 Å². The largest absolute Gasteiger partial charge is 0.478 e. The first-order chi connectivity index (χ1) is 7.22. The van der Waals surface area contributed by atoms with Gasteiger partial charge in [0.15, 0.2) is 0 Å². The van der Waals surface area contributed by atoms with Crippen LogP contribution in [0.4, 0.5) is 0 Å². The highest BCUT2D eigenvalue weighted by Crippen LogP contribution is 2.17. The van der Waals surface area contributed by atoms with Gasteiger partial charge in [0, 0.05) is 18.0 Å². The zero-order chi connectivity index (χ0) is 10.8. The second-order valence-corrected chi connectivity index (χ2v) is 3.13. The number of amidine groups is 1. The number of aliphatic carboxylic acids is 1. The summed E-state index contributed by atoms with van der Waals surface area (Å²) < 4.78 is 0. The number of hydrogen-bond donors (Lipinski definition) is 1. The minimum absolute atomic E-state index is 0.138. The molecule has 0 amide bonds. The van der Waals surface area contributed by atoms with Crippen molar-refractivity contribution in [3.8, 4) is 0 Å². The van der Waals surface area contributed by atoms with Crippen molar-refractivity contribution in [2.45, 2.75) is 0 Å². The van der Waals surface area contributed by atoms with Crippen LogP contribution in [-0.2, 0) is 9.59 Å². The predicted molar refractivity (Wildman–Crippen MR) is 53.1 cm³/mol. The molecule has 0 radical (unpaired) electrons. The molecule has 0 aromatic rings. The van der Waals surface area contributed by atoms with Crippen LogP contribution in [0.15, 0.2) is 40.7 Å². The van der Waals surface area contributed by atoms with Gasteiger partial charge in [-0.2, -0.15) is 0 Å². The maximum Gasteiger partial charge on any atom is 0.339 e. The fourth-order valence-electron chi connectivity index (χ4n) is 1.43. The standard InChI is InChI=1S/C10H8N2O3/c13-6-7-4-11-9-8(10(14)15)2-1-3-12(9)5-7/h1-4,6H,5H2,(H,14,15). The Morgan fingerprint density at radius 1 is 1.60 bits per heavy atom. The van der Waals surface area contributed by atoms with E-state index in [1.807, 2.05) is 0 Å². The summed E-state index contributed by atoms with van der Waals surface area (Å²) in [6.07, 6.45) is 6.91. The van der Waals surface area contributed by atoms with Crippen molar-refractivity contribution in [1.29, 1.82) is 0 Å². The molecule has 2 aliphatic heterocycles. The van der Waals surface area contributed by atoms with E-state index in [0.717, 1.165) is 0 Å². The molecule has 5 nitrogen and oxygen atoms in total. The number of carbonyl (C=O) groups excluding carboxylic acids is 1. The summed E-state index contributed by atoms with van der Waals surface area (Å²) in [4.78, 5) is 27.0. The Balaban J connectivity index is 2.40. The van der Waals surface area contributed by atoms with Crippen LogP contribution in [-0.4, -0.2) is 34.6 Å². The van der Waals surface area contributed by atoms with Gasteiger partial charge in [-0.1, -0.05) is 0 Å². The van der Waals surface area contributed by atoms with E-state index in [1.165, 1.54) is 12.3 Å². The number of carboxylic acids is 1. The summed E-state index contributed by atoms with van der Waals surface area (Å²) in [7, 11) is 0. The number of aliphatic imine (C=N–C) groups is 1. The molecular weight excluding hydrogens is 196 g/mol. The van der Waals surface area contributed by atoms with E-state index in [4.69, 9.17) is 5.11 Å². The van der Waals surface area contributed by atoms with Gasteiger partial charge in [-0.05, 0) is 12.2 Å². The van der Waals surface area contributed by atoms with E-state index >= 15 is 0 Å². The summed E-state index contributed by atoms with van der Waals surface area (Å²) in [5, 5.41) is 8.90. The highest BCUT2D eigenvalue weighted by atomic mass is 16.4. The van der Waals surface area contributed by atoms with Gasteiger partial charge in [0.1, 0.15) is 17.7 Å².